The zero-order valence-electron chi connectivity index (χ0n) is 12.7. The second-order valence-corrected chi connectivity index (χ2v) is 5.25. The fourth-order valence-electron chi connectivity index (χ4n) is 2.28. The van der Waals surface area contributed by atoms with E-state index in [1.54, 1.807) is 0 Å². The number of hydrogen-bond acceptors (Lipinski definition) is 4. The number of phenols is 1. The van der Waals surface area contributed by atoms with Crippen LogP contribution in [0.2, 0.25) is 0 Å². The molecule has 0 spiro atoms. The second-order valence-electron chi connectivity index (χ2n) is 5.25. The van der Waals surface area contributed by atoms with Crippen molar-refractivity contribution >= 4 is 5.78 Å². The van der Waals surface area contributed by atoms with E-state index in [-0.39, 0.29) is 11.3 Å². The van der Waals surface area contributed by atoms with Crippen molar-refractivity contribution in [2.75, 3.05) is 0 Å². The summed E-state index contributed by atoms with van der Waals surface area (Å²) in [5.74, 6) is -0.999. The van der Waals surface area contributed by atoms with Gasteiger partial charge in [-0.1, -0.05) is 30.3 Å². The Hall–Kier alpha value is -3.08. The van der Waals surface area contributed by atoms with Crippen LogP contribution >= 0.6 is 0 Å². The highest BCUT2D eigenvalue weighted by Crippen LogP contribution is 2.21. The predicted molar refractivity (Wildman–Crippen MR) is 85.7 cm³/mol. The molecule has 0 saturated carbocycles. The molecule has 4 nitrogen and oxygen atoms in total. The molecule has 3 rings (SSSR count). The van der Waals surface area contributed by atoms with Crippen molar-refractivity contribution in [3.63, 3.8) is 0 Å². The molecule has 0 aliphatic carbocycles. The molecule has 1 aliphatic heterocycles. The minimum atomic E-state index is -0.591. The van der Waals surface area contributed by atoms with Gasteiger partial charge in [0.25, 0.3) is 0 Å². The van der Waals surface area contributed by atoms with Gasteiger partial charge in [0, 0.05) is 6.42 Å². The lowest BCUT2D eigenvalue weighted by atomic mass is 10.1. The van der Waals surface area contributed by atoms with Crippen molar-refractivity contribution in [1.29, 1.82) is 0 Å². The standard InChI is InChI=1S/C19H15FO4/c20-14-6-8-17(21)16(11-14)18(22)9-7-15-12-23-19(24-15)10-13-4-2-1-3-5-13/h1-9,11-12,19,21H,10H2. The van der Waals surface area contributed by atoms with Gasteiger partial charge in [-0.05, 0) is 35.9 Å². The van der Waals surface area contributed by atoms with Gasteiger partial charge in [0.1, 0.15) is 17.8 Å². The zero-order valence-corrected chi connectivity index (χ0v) is 12.7. The summed E-state index contributed by atoms with van der Waals surface area (Å²) in [6.07, 6.45) is 4.17. The van der Waals surface area contributed by atoms with Crippen LogP contribution in [0.15, 0.2) is 72.7 Å². The van der Waals surface area contributed by atoms with Crippen LogP contribution in [0.3, 0.4) is 0 Å². The molecule has 1 N–H and O–H groups in total. The third-order valence-electron chi connectivity index (χ3n) is 3.47. The first-order valence-electron chi connectivity index (χ1n) is 7.39. The lowest BCUT2D eigenvalue weighted by Crippen LogP contribution is -2.11. The van der Waals surface area contributed by atoms with Gasteiger partial charge < -0.3 is 14.6 Å². The third kappa shape index (κ3) is 3.81. The Morgan fingerprint density at radius 1 is 1.21 bits per heavy atom. The molecule has 0 fully saturated rings. The Morgan fingerprint density at radius 2 is 2.00 bits per heavy atom. The SMILES string of the molecule is O=C(C=CC1=COC(Cc2ccccc2)O1)c1cc(F)ccc1O. The molecular weight excluding hydrogens is 311 g/mol. The largest absolute Gasteiger partial charge is 0.507 e. The second kappa shape index (κ2) is 7.00. The molecule has 1 atom stereocenters. The van der Waals surface area contributed by atoms with Crippen LogP contribution in [0.1, 0.15) is 15.9 Å². The lowest BCUT2D eigenvalue weighted by molar-refractivity contribution is -0.0269. The van der Waals surface area contributed by atoms with E-state index in [0.717, 1.165) is 23.8 Å². The highest BCUT2D eigenvalue weighted by Gasteiger charge is 2.18. The summed E-state index contributed by atoms with van der Waals surface area (Å²) < 4.78 is 24.1. The maximum Gasteiger partial charge on any atom is 0.244 e. The van der Waals surface area contributed by atoms with Crippen LogP contribution in [0, 0.1) is 5.82 Å². The van der Waals surface area contributed by atoms with Crippen molar-refractivity contribution < 1.29 is 23.8 Å². The number of carbonyl (C=O) groups excluding carboxylic acids is 1. The summed E-state index contributed by atoms with van der Waals surface area (Å²) in [7, 11) is 0. The first-order chi connectivity index (χ1) is 11.6. The molecule has 2 aromatic carbocycles. The number of aromatic hydroxyl groups is 1. The number of ether oxygens (including phenoxy) is 2. The van der Waals surface area contributed by atoms with E-state index in [0.29, 0.717) is 12.2 Å². The van der Waals surface area contributed by atoms with Gasteiger partial charge in [0.2, 0.25) is 6.29 Å². The Kier molecular flexibility index (Phi) is 4.61. The lowest BCUT2D eigenvalue weighted by Gasteiger charge is -2.10. The summed E-state index contributed by atoms with van der Waals surface area (Å²) >= 11 is 0. The minimum absolute atomic E-state index is 0.105. The zero-order chi connectivity index (χ0) is 16.9. The minimum Gasteiger partial charge on any atom is -0.507 e. The molecule has 0 bridgehead atoms. The molecule has 0 saturated heterocycles. The number of rotatable bonds is 5. The number of carbonyl (C=O) groups is 1. The van der Waals surface area contributed by atoms with Crippen molar-refractivity contribution in [3.05, 3.63) is 89.6 Å². The summed E-state index contributed by atoms with van der Waals surface area (Å²) in [4.78, 5) is 12.0. The number of phenolic OH excluding ortho intramolecular Hbond substituents is 1. The average molecular weight is 326 g/mol. The first-order valence-corrected chi connectivity index (χ1v) is 7.39. The smallest absolute Gasteiger partial charge is 0.244 e. The summed E-state index contributed by atoms with van der Waals surface area (Å²) in [5.41, 5.74) is 0.966. The molecule has 0 aromatic heterocycles. The van der Waals surface area contributed by atoms with Gasteiger partial charge in [-0.15, -0.1) is 0 Å². The van der Waals surface area contributed by atoms with Crippen LogP contribution in [-0.2, 0) is 15.9 Å². The molecule has 24 heavy (non-hydrogen) atoms. The topological polar surface area (TPSA) is 55.8 Å². The molecule has 1 unspecified atom stereocenters. The molecule has 122 valence electrons. The van der Waals surface area contributed by atoms with E-state index in [4.69, 9.17) is 9.47 Å². The average Bonchev–Trinajstić information content (AvgIpc) is 3.03. The molecule has 2 aromatic rings. The molecule has 0 radical (unpaired) electrons. The normalized spacial score (nSPS) is 16.5. The van der Waals surface area contributed by atoms with Gasteiger partial charge in [-0.2, -0.15) is 0 Å². The number of hydrogen-bond donors (Lipinski definition) is 1. The summed E-state index contributed by atoms with van der Waals surface area (Å²) in [5, 5.41) is 9.61. The Labute approximate surface area is 138 Å². The molecule has 5 heteroatoms. The van der Waals surface area contributed by atoms with Gasteiger partial charge >= 0.3 is 0 Å². The van der Waals surface area contributed by atoms with Gasteiger partial charge in [0.15, 0.2) is 11.5 Å². The van der Waals surface area contributed by atoms with Gasteiger partial charge in [0.05, 0.1) is 5.56 Å². The maximum absolute atomic E-state index is 13.2. The van der Waals surface area contributed by atoms with Crippen LogP contribution in [0.4, 0.5) is 4.39 Å². The fraction of sp³-hybridized carbons (Fsp3) is 0.105. The highest BCUT2D eigenvalue weighted by molar-refractivity contribution is 6.06. The maximum atomic E-state index is 13.2. The Morgan fingerprint density at radius 3 is 2.79 bits per heavy atom. The Balaban J connectivity index is 1.59. The van der Waals surface area contributed by atoms with E-state index in [1.807, 2.05) is 30.3 Å². The molecule has 0 amide bonds. The summed E-state index contributed by atoms with van der Waals surface area (Å²) in [6, 6.07) is 12.9. The number of allylic oxidation sites excluding steroid dienone is 2. The predicted octanol–water partition coefficient (Wildman–Crippen LogP) is 3.73. The van der Waals surface area contributed by atoms with Crippen molar-refractivity contribution in [3.8, 4) is 5.75 Å². The van der Waals surface area contributed by atoms with E-state index in [9.17, 15) is 14.3 Å². The monoisotopic (exact) mass is 326 g/mol. The van der Waals surface area contributed by atoms with E-state index in [2.05, 4.69) is 0 Å². The van der Waals surface area contributed by atoms with Crippen LogP contribution in [0.5, 0.6) is 5.75 Å². The van der Waals surface area contributed by atoms with Gasteiger partial charge in [-0.3, -0.25) is 4.79 Å². The van der Waals surface area contributed by atoms with Crippen LogP contribution in [-0.4, -0.2) is 17.2 Å². The number of benzene rings is 2. The van der Waals surface area contributed by atoms with E-state index >= 15 is 0 Å². The molecule has 1 heterocycles. The van der Waals surface area contributed by atoms with Crippen LogP contribution < -0.4 is 0 Å². The Bertz CT molecular complexity index is 796. The third-order valence-corrected chi connectivity index (χ3v) is 3.47. The van der Waals surface area contributed by atoms with E-state index in [1.165, 1.54) is 18.4 Å². The molecular formula is C19H15FO4. The van der Waals surface area contributed by atoms with Gasteiger partial charge in [-0.25, -0.2) is 4.39 Å². The fourth-order valence-corrected chi connectivity index (χ4v) is 2.28. The van der Waals surface area contributed by atoms with E-state index < -0.39 is 17.9 Å². The summed E-state index contributed by atoms with van der Waals surface area (Å²) in [6.45, 7) is 0. The van der Waals surface area contributed by atoms with Crippen LogP contribution in [0.25, 0.3) is 0 Å². The van der Waals surface area contributed by atoms with Crippen molar-refractivity contribution in [2.45, 2.75) is 12.7 Å². The van der Waals surface area contributed by atoms with Crippen molar-refractivity contribution in [2.24, 2.45) is 0 Å². The highest BCUT2D eigenvalue weighted by atomic mass is 19.1. The first kappa shape index (κ1) is 15.8. The molecule has 1 aliphatic rings. The number of halogens is 1. The quantitative estimate of drug-likeness (QED) is 0.672. The van der Waals surface area contributed by atoms with Crippen molar-refractivity contribution in [1.82, 2.24) is 0 Å². The number of ketones is 1.